The molecule has 2 N–H and O–H groups in total. The number of ether oxygens (including phenoxy) is 1. The van der Waals surface area contributed by atoms with Crippen LogP contribution < -0.4 is 20.3 Å². The highest BCUT2D eigenvalue weighted by molar-refractivity contribution is 7.80. The first kappa shape index (κ1) is 21.1. The summed E-state index contributed by atoms with van der Waals surface area (Å²) in [5, 5.41) is 7.28. The highest BCUT2D eigenvalue weighted by Gasteiger charge is 2.21. The van der Waals surface area contributed by atoms with Gasteiger partial charge in [0, 0.05) is 24.3 Å². The molecule has 6 heteroatoms. The molecular weight excluding hydrogens is 382 g/mol. The van der Waals surface area contributed by atoms with E-state index in [9.17, 15) is 4.79 Å². The Morgan fingerprint density at radius 2 is 1.83 bits per heavy atom. The SMILES string of the molecule is COc1ccc([C@H](CC(C)C)NC(=S)Nc2ccc(N3CCCC3=O)cc2)cc1. The van der Waals surface area contributed by atoms with E-state index in [4.69, 9.17) is 17.0 Å². The van der Waals surface area contributed by atoms with E-state index in [-0.39, 0.29) is 11.9 Å². The van der Waals surface area contributed by atoms with Crippen molar-refractivity contribution in [2.75, 3.05) is 23.9 Å². The van der Waals surface area contributed by atoms with Gasteiger partial charge in [0.05, 0.1) is 13.2 Å². The van der Waals surface area contributed by atoms with Crippen LogP contribution in [0.1, 0.15) is 44.7 Å². The van der Waals surface area contributed by atoms with Crippen molar-refractivity contribution >= 4 is 34.6 Å². The zero-order chi connectivity index (χ0) is 20.8. The third-order valence-corrected chi connectivity index (χ3v) is 5.26. The summed E-state index contributed by atoms with van der Waals surface area (Å²) in [6, 6.07) is 16.0. The molecule has 0 unspecified atom stereocenters. The predicted octanol–water partition coefficient (Wildman–Crippen LogP) is 4.90. The van der Waals surface area contributed by atoms with E-state index in [0.29, 0.717) is 17.5 Å². The zero-order valence-corrected chi connectivity index (χ0v) is 18.1. The smallest absolute Gasteiger partial charge is 0.227 e. The highest BCUT2D eigenvalue weighted by Crippen LogP contribution is 2.25. The van der Waals surface area contributed by atoms with Crippen molar-refractivity contribution in [1.29, 1.82) is 0 Å². The molecule has 1 amide bonds. The fourth-order valence-corrected chi connectivity index (χ4v) is 3.82. The van der Waals surface area contributed by atoms with E-state index in [1.807, 2.05) is 41.3 Å². The standard InChI is InChI=1S/C23H29N3O2S/c1-16(2)15-21(17-6-12-20(28-3)13-7-17)25-23(29)24-18-8-10-19(11-9-18)26-14-4-5-22(26)27/h6-13,16,21H,4-5,14-15H2,1-3H3,(H2,24,25,29)/t21-/m0/s1. The van der Waals surface area contributed by atoms with Gasteiger partial charge in [-0.25, -0.2) is 0 Å². The summed E-state index contributed by atoms with van der Waals surface area (Å²) >= 11 is 5.56. The second-order valence-corrected chi connectivity index (χ2v) is 8.16. The molecule has 1 saturated heterocycles. The Kier molecular flexibility index (Phi) is 7.09. The lowest BCUT2D eigenvalue weighted by molar-refractivity contribution is -0.117. The lowest BCUT2D eigenvalue weighted by Gasteiger charge is -2.23. The number of amides is 1. The van der Waals surface area contributed by atoms with Crippen molar-refractivity contribution in [1.82, 2.24) is 5.32 Å². The first-order chi connectivity index (χ1) is 14.0. The monoisotopic (exact) mass is 411 g/mol. The lowest BCUT2D eigenvalue weighted by atomic mass is 9.97. The molecule has 1 aliphatic rings. The number of rotatable bonds is 7. The predicted molar refractivity (Wildman–Crippen MR) is 123 cm³/mol. The third-order valence-electron chi connectivity index (χ3n) is 5.04. The number of nitrogens with one attached hydrogen (secondary N) is 2. The molecule has 1 fully saturated rings. The molecule has 0 radical (unpaired) electrons. The van der Waals surface area contributed by atoms with Crippen LogP contribution in [0, 0.1) is 5.92 Å². The van der Waals surface area contributed by atoms with Crippen molar-refractivity contribution in [3.05, 3.63) is 54.1 Å². The van der Waals surface area contributed by atoms with Gasteiger partial charge in [-0.1, -0.05) is 26.0 Å². The van der Waals surface area contributed by atoms with Crippen LogP contribution in [0.4, 0.5) is 11.4 Å². The molecule has 0 saturated carbocycles. The maximum Gasteiger partial charge on any atom is 0.227 e. The minimum Gasteiger partial charge on any atom is -0.497 e. The molecule has 5 nitrogen and oxygen atoms in total. The van der Waals surface area contributed by atoms with Crippen LogP contribution in [0.3, 0.4) is 0 Å². The number of thiocarbonyl (C=S) groups is 1. The molecule has 1 aliphatic heterocycles. The molecule has 0 bridgehead atoms. The van der Waals surface area contributed by atoms with Gasteiger partial charge in [-0.3, -0.25) is 4.79 Å². The van der Waals surface area contributed by atoms with E-state index >= 15 is 0 Å². The summed E-state index contributed by atoms with van der Waals surface area (Å²) < 4.78 is 5.26. The maximum atomic E-state index is 11.9. The first-order valence-corrected chi connectivity index (χ1v) is 10.5. The molecule has 2 aromatic rings. The molecule has 1 heterocycles. The number of methoxy groups -OCH3 is 1. The molecule has 0 aliphatic carbocycles. The van der Waals surface area contributed by atoms with Crippen molar-refractivity contribution in [2.45, 2.75) is 39.2 Å². The zero-order valence-electron chi connectivity index (χ0n) is 17.3. The number of hydrogen-bond donors (Lipinski definition) is 2. The fourth-order valence-electron chi connectivity index (χ4n) is 3.56. The minimum absolute atomic E-state index is 0.113. The summed E-state index contributed by atoms with van der Waals surface area (Å²) in [6.45, 7) is 5.20. The number of benzene rings is 2. The molecule has 154 valence electrons. The first-order valence-electron chi connectivity index (χ1n) is 10.1. The van der Waals surface area contributed by atoms with Gasteiger partial charge < -0.3 is 20.3 Å². The largest absolute Gasteiger partial charge is 0.497 e. The molecule has 3 rings (SSSR count). The Bertz CT molecular complexity index is 834. The van der Waals surface area contributed by atoms with E-state index < -0.39 is 0 Å². The Morgan fingerprint density at radius 1 is 1.14 bits per heavy atom. The highest BCUT2D eigenvalue weighted by atomic mass is 32.1. The minimum atomic E-state index is 0.113. The fraction of sp³-hybridized carbons (Fsp3) is 0.391. The average molecular weight is 412 g/mol. The molecule has 0 aromatic heterocycles. The van der Waals surface area contributed by atoms with E-state index in [1.165, 1.54) is 5.56 Å². The molecule has 29 heavy (non-hydrogen) atoms. The summed E-state index contributed by atoms with van der Waals surface area (Å²) in [4.78, 5) is 13.7. The molecular formula is C23H29N3O2S. The van der Waals surface area contributed by atoms with Gasteiger partial charge in [-0.15, -0.1) is 0 Å². The second-order valence-electron chi connectivity index (χ2n) is 7.75. The van der Waals surface area contributed by atoms with Gasteiger partial charge in [-0.05, 0) is 72.9 Å². The van der Waals surface area contributed by atoms with Gasteiger partial charge >= 0.3 is 0 Å². The summed E-state index contributed by atoms with van der Waals surface area (Å²) in [5.74, 6) is 1.56. The second kappa shape index (κ2) is 9.74. The molecule has 1 atom stereocenters. The number of carbonyl (C=O) groups is 1. The molecule has 0 spiro atoms. The van der Waals surface area contributed by atoms with Gasteiger partial charge in [0.25, 0.3) is 0 Å². The van der Waals surface area contributed by atoms with E-state index in [1.54, 1.807) is 7.11 Å². The Hall–Kier alpha value is -2.60. The number of carbonyl (C=O) groups excluding carboxylic acids is 1. The Morgan fingerprint density at radius 3 is 2.38 bits per heavy atom. The summed E-state index contributed by atoms with van der Waals surface area (Å²) in [6.07, 6.45) is 2.52. The maximum absolute atomic E-state index is 11.9. The van der Waals surface area contributed by atoms with Crippen LogP contribution in [-0.4, -0.2) is 24.7 Å². The van der Waals surface area contributed by atoms with Crippen LogP contribution in [0.2, 0.25) is 0 Å². The topological polar surface area (TPSA) is 53.6 Å². The molecule has 2 aromatic carbocycles. The summed E-state index contributed by atoms with van der Waals surface area (Å²) in [5.41, 5.74) is 3.01. The van der Waals surface area contributed by atoms with Crippen molar-refractivity contribution in [3.8, 4) is 5.75 Å². The van der Waals surface area contributed by atoms with Crippen LogP contribution in [0.15, 0.2) is 48.5 Å². The third kappa shape index (κ3) is 5.70. The van der Waals surface area contributed by atoms with Crippen LogP contribution in [-0.2, 0) is 4.79 Å². The number of nitrogens with zero attached hydrogens (tertiary/aromatic N) is 1. The van der Waals surface area contributed by atoms with E-state index in [0.717, 1.165) is 36.5 Å². The average Bonchev–Trinajstić information content (AvgIpc) is 3.13. The van der Waals surface area contributed by atoms with Crippen molar-refractivity contribution < 1.29 is 9.53 Å². The lowest BCUT2D eigenvalue weighted by Crippen LogP contribution is -2.33. The van der Waals surface area contributed by atoms with Gasteiger partial charge in [0.15, 0.2) is 5.11 Å². The van der Waals surface area contributed by atoms with Crippen molar-refractivity contribution in [2.24, 2.45) is 5.92 Å². The van der Waals surface area contributed by atoms with Gasteiger partial charge in [0.1, 0.15) is 5.75 Å². The summed E-state index contributed by atoms with van der Waals surface area (Å²) in [7, 11) is 1.67. The van der Waals surface area contributed by atoms with Crippen LogP contribution in [0.25, 0.3) is 0 Å². The Labute approximate surface area is 178 Å². The van der Waals surface area contributed by atoms with Gasteiger partial charge in [-0.2, -0.15) is 0 Å². The normalized spacial score (nSPS) is 14.8. The Balaban J connectivity index is 1.63. The van der Waals surface area contributed by atoms with Crippen LogP contribution >= 0.6 is 12.2 Å². The number of hydrogen-bond acceptors (Lipinski definition) is 3. The van der Waals surface area contributed by atoms with E-state index in [2.05, 4.69) is 36.6 Å². The van der Waals surface area contributed by atoms with Gasteiger partial charge in [0.2, 0.25) is 5.91 Å². The van der Waals surface area contributed by atoms with Crippen LogP contribution in [0.5, 0.6) is 5.75 Å². The number of anilines is 2. The quantitative estimate of drug-likeness (QED) is 0.635. The van der Waals surface area contributed by atoms with Crippen molar-refractivity contribution in [3.63, 3.8) is 0 Å².